The van der Waals surface area contributed by atoms with Crippen LogP contribution in [0.2, 0.25) is 0 Å². The van der Waals surface area contributed by atoms with Crippen LogP contribution >= 0.6 is 0 Å². The number of benzene rings is 2. The second kappa shape index (κ2) is 32.6. The summed E-state index contributed by atoms with van der Waals surface area (Å²) in [6.07, 6.45) is 40.0. The minimum atomic E-state index is 0.190. The molecule has 0 atom stereocenters. The Hall–Kier alpha value is -3.14. The summed E-state index contributed by atoms with van der Waals surface area (Å²) < 4.78 is 1.42. The molecule has 1 aliphatic heterocycles. The Labute approximate surface area is 369 Å². The standard InChI is InChI=1S/C56H88N2O2/c1-5-9-13-16-19-22-25-26-29-32-42-52-51(41-12-8-4)55(49-39-35-37-47(45-49)53(59)43-33-30-27-23-20-17-14-10-6-2)58(57)56(52)50-40-36-38-48(46-50)54(60)44-34-31-28-24-21-18-15-11-7-3/h35-40,45-46H,5-34,41-44H2,1-4H3. The Morgan fingerprint density at radius 1 is 0.400 bits per heavy atom. The summed E-state index contributed by atoms with van der Waals surface area (Å²) in [6.45, 7) is 9.03. The monoisotopic (exact) mass is 821 g/mol. The van der Waals surface area contributed by atoms with Crippen LogP contribution in [0.25, 0.3) is 16.9 Å². The van der Waals surface area contributed by atoms with Gasteiger partial charge in [0.1, 0.15) is 0 Å². The van der Waals surface area contributed by atoms with E-state index in [4.69, 9.17) is 0 Å². The Kier molecular flexibility index (Phi) is 27.8. The van der Waals surface area contributed by atoms with E-state index < -0.39 is 0 Å². The Balaban J connectivity index is 1.78. The lowest BCUT2D eigenvalue weighted by Crippen LogP contribution is -2.06. The van der Waals surface area contributed by atoms with Crippen molar-refractivity contribution in [3.63, 3.8) is 0 Å². The normalized spacial score (nSPS) is 13.0. The summed E-state index contributed by atoms with van der Waals surface area (Å²) in [5.41, 5.74) is 19.6. The van der Waals surface area contributed by atoms with E-state index >= 15 is 0 Å². The highest BCUT2D eigenvalue weighted by Crippen LogP contribution is 2.45. The molecule has 0 N–H and O–H groups in total. The van der Waals surface area contributed by atoms with Crippen molar-refractivity contribution in [2.45, 2.75) is 246 Å². The van der Waals surface area contributed by atoms with Crippen LogP contribution in [0.15, 0.2) is 59.7 Å². The molecule has 1 aliphatic rings. The summed E-state index contributed by atoms with van der Waals surface area (Å²) >= 11 is 0. The van der Waals surface area contributed by atoms with Crippen LogP contribution in [-0.4, -0.2) is 16.3 Å². The zero-order chi connectivity index (χ0) is 43.0. The van der Waals surface area contributed by atoms with Gasteiger partial charge in [-0.25, -0.2) is 4.70 Å². The Bertz CT molecular complexity index is 1580. The minimum absolute atomic E-state index is 0.190. The third kappa shape index (κ3) is 19.3. The fourth-order valence-electron chi connectivity index (χ4n) is 9.09. The van der Waals surface area contributed by atoms with Crippen LogP contribution in [0.5, 0.6) is 0 Å². The van der Waals surface area contributed by atoms with E-state index in [2.05, 4.69) is 39.8 Å². The van der Waals surface area contributed by atoms with Gasteiger partial charge in [-0.2, -0.15) is 0 Å². The average molecular weight is 821 g/mol. The fraction of sp³-hybridized carbons (Fsp3) is 0.679. The number of allylic oxidation sites excluding steroid dienone is 2. The molecule has 0 fully saturated rings. The molecule has 4 heteroatoms. The lowest BCUT2D eigenvalue weighted by molar-refractivity contribution is -0.345. The highest BCUT2D eigenvalue weighted by Gasteiger charge is 2.35. The minimum Gasteiger partial charge on any atom is -0.493 e. The van der Waals surface area contributed by atoms with Crippen molar-refractivity contribution in [1.29, 1.82) is 0 Å². The first kappa shape index (κ1) is 51.2. The smallest absolute Gasteiger partial charge is 0.211 e. The first-order valence-electron chi connectivity index (χ1n) is 25.7. The molecule has 0 aromatic heterocycles. The molecule has 3 rings (SSSR count). The van der Waals surface area contributed by atoms with Gasteiger partial charge in [-0.3, -0.25) is 9.59 Å². The number of carbonyl (C=O) groups is 2. The van der Waals surface area contributed by atoms with E-state index in [0.29, 0.717) is 12.8 Å². The van der Waals surface area contributed by atoms with E-state index in [1.165, 1.54) is 164 Å². The molecule has 334 valence electrons. The predicted octanol–water partition coefficient (Wildman–Crippen LogP) is 18.6. The molecule has 60 heavy (non-hydrogen) atoms. The van der Waals surface area contributed by atoms with Crippen molar-refractivity contribution in [2.75, 3.05) is 0 Å². The average Bonchev–Trinajstić information content (AvgIpc) is 3.54. The number of carbonyl (C=O) groups excluding carboxylic acids is 2. The topological polar surface area (TPSA) is 59.4 Å². The molecule has 0 radical (unpaired) electrons. The molecule has 2 aromatic rings. The maximum Gasteiger partial charge on any atom is 0.211 e. The summed E-state index contributed by atoms with van der Waals surface area (Å²) in [7, 11) is 0. The van der Waals surface area contributed by atoms with Gasteiger partial charge in [0.05, 0.1) is 0 Å². The van der Waals surface area contributed by atoms with Crippen molar-refractivity contribution in [3.8, 4) is 0 Å². The fourth-order valence-corrected chi connectivity index (χ4v) is 9.09. The molecule has 0 bridgehead atoms. The third-order valence-corrected chi connectivity index (χ3v) is 12.9. The van der Waals surface area contributed by atoms with E-state index in [1.807, 2.05) is 36.4 Å². The lowest BCUT2D eigenvalue weighted by Gasteiger charge is -2.11. The van der Waals surface area contributed by atoms with Gasteiger partial charge >= 0.3 is 0 Å². The number of ketones is 2. The zero-order valence-corrected chi connectivity index (χ0v) is 39.4. The summed E-state index contributed by atoms with van der Waals surface area (Å²) in [6, 6.07) is 16.1. The maximum absolute atomic E-state index is 13.6. The first-order chi connectivity index (χ1) is 29.5. The van der Waals surface area contributed by atoms with Gasteiger partial charge in [-0.1, -0.05) is 219 Å². The van der Waals surface area contributed by atoms with Gasteiger partial charge in [-0.05, 0) is 62.8 Å². The molecule has 0 saturated carbocycles. The van der Waals surface area contributed by atoms with Crippen LogP contribution in [0.4, 0.5) is 0 Å². The largest absolute Gasteiger partial charge is 0.493 e. The molecule has 0 amide bonds. The number of Topliss-reactive ketones (excluding diaryl/α,β-unsaturated/α-hetero) is 2. The van der Waals surface area contributed by atoms with E-state index in [1.54, 1.807) is 0 Å². The van der Waals surface area contributed by atoms with Crippen LogP contribution in [0.3, 0.4) is 0 Å². The number of hydrogen-bond acceptors (Lipinski definition) is 2. The first-order valence-corrected chi connectivity index (χ1v) is 25.7. The highest BCUT2D eigenvalue weighted by atomic mass is 16.1. The lowest BCUT2D eigenvalue weighted by atomic mass is 9.91. The van der Waals surface area contributed by atoms with E-state index in [-0.39, 0.29) is 11.6 Å². The summed E-state index contributed by atoms with van der Waals surface area (Å²) in [5.74, 6) is 0.381. The number of unbranched alkanes of at least 4 members (excludes halogenated alkanes) is 26. The number of rotatable bonds is 38. The third-order valence-electron chi connectivity index (χ3n) is 12.9. The molecule has 0 spiro atoms. The second-order valence-corrected chi connectivity index (χ2v) is 18.2. The second-order valence-electron chi connectivity index (χ2n) is 18.2. The molecule has 0 saturated heterocycles. The summed E-state index contributed by atoms with van der Waals surface area (Å²) in [5, 5.41) is 0. The van der Waals surface area contributed by atoms with Gasteiger partial charge in [-0.15, -0.1) is 0 Å². The van der Waals surface area contributed by atoms with Gasteiger partial charge < -0.3 is 5.53 Å². The quantitative estimate of drug-likeness (QED) is 0.0385. The van der Waals surface area contributed by atoms with Gasteiger partial charge in [0.25, 0.3) is 0 Å². The van der Waals surface area contributed by atoms with Crippen molar-refractivity contribution in [2.24, 2.45) is 0 Å². The van der Waals surface area contributed by atoms with E-state index in [0.717, 1.165) is 91.4 Å². The van der Waals surface area contributed by atoms with Crippen molar-refractivity contribution in [1.82, 2.24) is 0 Å². The molecule has 4 nitrogen and oxygen atoms in total. The molecule has 0 aliphatic carbocycles. The molecule has 1 heterocycles. The Morgan fingerprint density at radius 3 is 1.05 bits per heavy atom. The summed E-state index contributed by atoms with van der Waals surface area (Å²) in [4.78, 5) is 27.1. The SMILES string of the molecule is CCCCCCCCCCCCC1=C(c2cccc(C(=O)CCCCCCCCCCC)c2)[N+](=[N-])C(c2cccc(C(=O)CCCCCCCCCCC)c2)=C1CCCC. The van der Waals surface area contributed by atoms with Crippen molar-refractivity contribution < 1.29 is 14.3 Å². The maximum atomic E-state index is 13.6. The van der Waals surface area contributed by atoms with E-state index in [9.17, 15) is 15.1 Å². The molecular weight excluding hydrogens is 733 g/mol. The number of nitrogens with zero attached hydrogens (tertiary/aromatic N) is 2. The van der Waals surface area contributed by atoms with Crippen molar-refractivity contribution >= 4 is 23.0 Å². The highest BCUT2D eigenvalue weighted by molar-refractivity contribution is 5.98. The van der Waals surface area contributed by atoms with Crippen LogP contribution in [-0.2, 0) is 0 Å². The van der Waals surface area contributed by atoms with Gasteiger partial charge in [0, 0.05) is 46.2 Å². The van der Waals surface area contributed by atoms with Gasteiger partial charge in [0.2, 0.25) is 11.4 Å². The van der Waals surface area contributed by atoms with Crippen LogP contribution in [0.1, 0.15) is 278 Å². The molecular formula is C56H88N2O2. The van der Waals surface area contributed by atoms with Crippen molar-refractivity contribution in [3.05, 3.63) is 87.5 Å². The van der Waals surface area contributed by atoms with Crippen LogP contribution in [0, 0.1) is 0 Å². The predicted molar refractivity (Wildman–Crippen MR) is 259 cm³/mol. The number of hydrogen-bond donors (Lipinski definition) is 0. The van der Waals surface area contributed by atoms with Crippen LogP contribution < -0.4 is 0 Å². The molecule has 2 aromatic carbocycles. The zero-order valence-electron chi connectivity index (χ0n) is 39.4. The van der Waals surface area contributed by atoms with Gasteiger partial charge in [0.15, 0.2) is 11.6 Å². The Morgan fingerprint density at radius 2 is 0.700 bits per heavy atom. The molecule has 0 unspecified atom stereocenters.